The van der Waals surface area contributed by atoms with Crippen molar-refractivity contribution in [2.75, 3.05) is 18.2 Å². The van der Waals surface area contributed by atoms with Gasteiger partial charge >= 0.3 is 5.97 Å². The van der Waals surface area contributed by atoms with Crippen LogP contribution in [0.15, 0.2) is 53.7 Å². The van der Waals surface area contributed by atoms with Crippen molar-refractivity contribution < 1.29 is 19.1 Å². The highest BCUT2D eigenvalue weighted by atomic mass is 32.2. The van der Waals surface area contributed by atoms with Gasteiger partial charge in [-0.3, -0.25) is 4.79 Å². The van der Waals surface area contributed by atoms with Gasteiger partial charge in [-0.1, -0.05) is 54.2 Å². The monoisotopic (exact) mass is 564 g/mol. The SMILES string of the molecule is CCn1c(SCC(=O)Nc2sc(C)c(-c3ccccc3)c2C(=O)OC)nnc1C(C)Oc1cccc(C)c1C. The van der Waals surface area contributed by atoms with E-state index in [2.05, 4.69) is 28.5 Å². The summed E-state index contributed by atoms with van der Waals surface area (Å²) in [6, 6.07) is 15.6. The number of thiophene rings is 1. The van der Waals surface area contributed by atoms with Crippen molar-refractivity contribution in [1.29, 1.82) is 0 Å². The van der Waals surface area contributed by atoms with E-state index >= 15 is 0 Å². The topological polar surface area (TPSA) is 95.3 Å². The second-order valence-corrected chi connectivity index (χ2v) is 11.1. The van der Waals surface area contributed by atoms with Crippen LogP contribution >= 0.6 is 23.1 Å². The zero-order valence-corrected chi connectivity index (χ0v) is 24.5. The highest BCUT2D eigenvalue weighted by molar-refractivity contribution is 7.99. The van der Waals surface area contributed by atoms with Gasteiger partial charge < -0.3 is 19.4 Å². The van der Waals surface area contributed by atoms with Gasteiger partial charge in [0.05, 0.1) is 12.9 Å². The molecule has 1 N–H and O–H groups in total. The minimum Gasteiger partial charge on any atom is -0.482 e. The molecular weight excluding hydrogens is 532 g/mol. The summed E-state index contributed by atoms with van der Waals surface area (Å²) in [6.07, 6.45) is -0.325. The number of methoxy groups -OCH3 is 1. The van der Waals surface area contributed by atoms with E-state index in [1.54, 1.807) is 0 Å². The van der Waals surface area contributed by atoms with Crippen LogP contribution in [0, 0.1) is 20.8 Å². The van der Waals surface area contributed by atoms with Crippen LogP contribution < -0.4 is 10.1 Å². The predicted octanol–water partition coefficient (Wildman–Crippen LogP) is 6.61. The summed E-state index contributed by atoms with van der Waals surface area (Å²) in [4.78, 5) is 26.6. The van der Waals surface area contributed by atoms with E-state index < -0.39 is 5.97 Å². The van der Waals surface area contributed by atoms with Gasteiger partial charge in [0.1, 0.15) is 16.3 Å². The molecule has 8 nitrogen and oxygen atoms in total. The highest BCUT2D eigenvalue weighted by Crippen LogP contribution is 2.40. The van der Waals surface area contributed by atoms with E-state index in [9.17, 15) is 9.59 Å². The fourth-order valence-corrected chi connectivity index (χ4v) is 6.16. The van der Waals surface area contributed by atoms with Crippen molar-refractivity contribution in [3.05, 3.63) is 75.9 Å². The second-order valence-electron chi connectivity index (χ2n) is 8.97. The first kappa shape index (κ1) is 28.4. The van der Waals surface area contributed by atoms with Crippen molar-refractivity contribution in [1.82, 2.24) is 14.8 Å². The largest absolute Gasteiger partial charge is 0.482 e. The van der Waals surface area contributed by atoms with Crippen LogP contribution in [-0.4, -0.2) is 39.5 Å². The van der Waals surface area contributed by atoms with Crippen molar-refractivity contribution in [2.24, 2.45) is 0 Å². The number of esters is 1. The van der Waals surface area contributed by atoms with Crippen LogP contribution in [0.25, 0.3) is 11.1 Å². The molecule has 4 aromatic rings. The molecule has 4 rings (SSSR count). The molecule has 2 aromatic heterocycles. The number of anilines is 1. The fraction of sp³-hybridized carbons (Fsp3) is 0.310. The molecule has 2 aromatic carbocycles. The lowest BCUT2D eigenvalue weighted by atomic mass is 10.0. The van der Waals surface area contributed by atoms with Gasteiger partial charge in [-0.25, -0.2) is 4.79 Å². The summed E-state index contributed by atoms with van der Waals surface area (Å²) >= 11 is 2.64. The lowest BCUT2D eigenvalue weighted by molar-refractivity contribution is -0.113. The number of thioether (sulfide) groups is 1. The predicted molar refractivity (Wildman–Crippen MR) is 156 cm³/mol. The number of carbonyl (C=O) groups is 2. The van der Waals surface area contributed by atoms with Gasteiger partial charge in [0.15, 0.2) is 17.1 Å². The molecule has 0 bridgehead atoms. The molecule has 0 aliphatic rings. The lowest BCUT2D eigenvalue weighted by Gasteiger charge is -2.17. The number of hydrogen-bond acceptors (Lipinski definition) is 8. The summed E-state index contributed by atoms with van der Waals surface area (Å²) in [5, 5.41) is 12.7. The quantitative estimate of drug-likeness (QED) is 0.171. The van der Waals surface area contributed by atoms with Crippen molar-refractivity contribution in [2.45, 2.75) is 52.4 Å². The summed E-state index contributed by atoms with van der Waals surface area (Å²) in [5.41, 5.74) is 4.27. The Morgan fingerprint density at radius 3 is 2.51 bits per heavy atom. The Bertz CT molecular complexity index is 1480. The molecule has 0 saturated heterocycles. The maximum absolute atomic E-state index is 13.0. The minimum atomic E-state index is -0.491. The molecule has 1 atom stereocenters. The van der Waals surface area contributed by atoms with Crippen molar-refractivity contribution in [3.8, 4) is 16.9 Å². The number of aromatic nitrogens is 3. The van der Waals surface area contributed by atoms with E-state index in [-0.39, 0.29) is 17.8 Å². The number of hydrogen-bond donors (Lipinski definition) is 1. The van der Waals surface area contributed by atoms with Crippen LogP contribution in [0.5, 0.6) is 5.75 Å². The van der Waals surface area contributed by atoms with E-state index in [1.807, 2.05) is 74.7 Å². The normalized spacial score (nSPS) is 11.7. The standard InChI is InChI=1S/C29H32N4O4S2/c1-7-33-26(19(4)37-22-15-11-12-17(2)18(22)3)31-32-29(33)38-16-23(34)30-27-25(28(35)36-6)24(20(5)39-27)21-13-9-8-10-14-21/h8-15,19H,7,16H2,1-6H3,(H,30,34). The van der Waals surface area contributed by atoms with Crippen LogP contribution in [0.3, 0.4) is 0 Å². The molecule has 0 aliphatic carbocycles. The van der Waals surface area contributed by atoms with Crippen LogP contribution in [0.1, 0.15) is 52.1 Å². The highest BCUT2D eigenvalue weighted by Gasteiger charge is 2.26. The van der Waals surface area contributed by atoms with E-state index in [4.69, 9.17) is 9.47 Å². The molecule has 0 radical (unpaired) electrons. The van der Waals surface area contributed by atoms with Gasteiger partial charge in [-0.05, 0) is 57.4 Å². The zero-order valence-electron chi connectivity index (χ0n) is 22.9. The van der Waals surface area contributed by atoms with Gasteiger partial charge in [-0.15, -0.1) is 21.5 Å². The molecule has 1 amide bonds. The summed E-state index contributed by atoms with van der Waals surface area (Å²) in [5.74, 6) is 0.856. The Hall–Kier alpha value is -3.63. The molecule has 0 aliphatic heterocycles. The first-order valence-electron chi connectivity index (χ1n) is 12.6. The van der Waals surface area contributed by atoms with Crippen LogP contribution in [-0.2, 0) is 16.1 Å². The maximum Gasteiger partial charge on any atom is 0.341 e. The molecule has 39 heavy (non-hydrogen) atoms. The van der Waals surface area contributed by atoms with Crippen LogP contribution in [0.4, 0.5) is 5.00 Å². The Balaban J connectivity index is 1.48. The maximum atomic E-state index is 13.0. The summed E-state index contributed by atoms with van der Waals surface area (Å²) < 4.78 is 13.2. The first-order chi connectivity index (χ1) is 18.7. The Kier molecular flexibility index (Phi) is 9.08. The van der Waals surface area contributed by atoms with Gasteiger partial charge in [0.25, 0.3) is 0 Å². The van der Waals surface area contributed by atoms with E-state index in [0.717, 1.165) is 32.9 Å². The third-order valence-electron chi connectivity index (χ3n) is 6.41. The summed E-state index contributed by atoms with van der Waals surface area (Å²) in [6.45, 7) is 10.6. The molecule has 0 fully saturated rings. The number of aryl methyl sites for hydroxylation is 2. The molecule has 1 unspecified atom stereocenters. The van der Waals surface area contributed by atoms with Crippen LogP contribution in [0.2, 0.25) is 0 Å². The Morgan fingerprint density at radius 2 is 1.82 bits per heavy atom. The second kappa shape index (κ2) is 12.5. The first-order valence-corrected chi connectivity index (χ1v) is 14.4. The Morgan fingerprint density at radius 1 is 1.08 bits per heavy atom. The van der Waals surface area contributed by atoms with Crippen molar-refractivity contribution in [3.63, 3.8) is 0 Å². The van der Waals surface area contributed by atoms with E-state index in [1.165, 1.54) is 30.2 Å². The molecular formula is C29H32N4O4S2. The van der Waals surface area contributed by atoms with Gasteiger partial charge in [-0.2, -0.15) is 0 Å². The van der Waals surface area contributed by atoms with Gasteiger partial charge in [0, 0.05) is 17.0 Å². The number of ether oxygens (including phenoxy) is 2. The molecule has 2 heterocycles. The number of amides is 1. The number of nitrogens with one attached hydrogen (secondary N) is 1. The Labute approximate surface area is 236 Å². The summed E-state index contributed by atoms with van der Waals surface area (Å²) in [7, 11) is 1.34. The average molecular weight is 565 g/mol. The third kappa shape index (κ3) is 6.17. The zero-order chi connectivity index (χ0) is 28.1. The van der Waals surface area contributed by atoms with Gasteiger partial charge in [0.2, 0.25) is 5.91 Å². The smallest absolute Gasteiger partial charge is 0.341 e. The molecule has 204 valence electrons. The minimum absolute atomic E-state index is 0.0998. The number of nitrogens with zero attached hydrogens (tertiary/aromatic N) is 3. The van der Waals surface area contributed by atoms with E-state index in [0.29, 0.717) is 28.1 Å². The third-order valence-corrected chi connectivity index (χ3v) is 8.39. The molecule has 0 saturated carbocycles. The fourth-order valence-electron chi connectivity index (χ4n) is 4.27. The lowest BCUT2D eigenvalue weighted by Crippen LogP contribution is -2.17. The number of benzene rings is 2. The number of rotatable bonds is 10. The molecule has 10 heteroatoms. The molecule has 0 spiro atoms. The average Bonchev–Trinajstić information content (AvgIpc) is 3.50. The van der Waals surface area contributed by atoms with Crippen molar-refractivity contribution >= 4 is 40.0 Å². The number of carbonyl (C=O) groups excluding carboxylic acids is 2.